The van der Waals surface area contributed by atoms with Crippen LogP contribution in [0.25, 0.3) is 11.3 Å². The summed E-state index contributed by atoms with van der Waals surface area (Å²) in [6, 6.07) is 12.0. The third-order valence-corrected chi connectivity index (χ3v) is 5.06. The van der Waals surface area contributed by atoms with E-state index >= 15 is 0 Å². The van der Waals surface area contributed by atoms with Gasteiger partial charge in [-0.1, -0.05) is 0 Å². The van der Waals surface area contributed by atoms with E-state index in [2.05, 4.69) is 15.6 Å². The zero-order valence-electron chi connectivity index (χ0n) is 14.5. The van der Waals surface area contributed by atoms with Crippen molar-refractivity contribution in [1.82, 2.24) is 4.98 Å². The molecule has 0 unspecified atom stereocenters. The number of aromatic nitrogens is 1. The van der Waals surface area contributed by atoms with Gasteiger partial charge in [-0.25, -0.2) is 9.37 Å². The highest BCUT2D eigenvalue weighted by Gasteiger charge is 2.15. The quantitative estimate of drug-likeness (QED) is 0.622. The number of anilines is 2. The van der Waals surface area contributed by atoms with Crippen molar-refractivity contribution in [2.45, 2.75) is 12.8 Å². The van der Waals surface area contributed by atoms with Crippen LogP contribution in [0, 0.1) is 5.82 Å². The number of nitrogens with one attached hydrogen (secondary N) is 2. The molecule has 138 valence electrons. The van der Waals surface area contributed by atoms with Gasteiger partial charge in [-0.3, -0.25) is 4.79 Å². The Kier molecular flexibility index (Phi) is 5.02. The Balaban J connectivity index is 1.28. The number of carbonyl (C=O) groups excluding carboxylic acids is 1. The largest absolute Gasteiger partial charge is 0.492 e. The summed E-state index contributed by atoms with van der Waals surface area (Å²) in [5, 5.41) is 8.83. The van der Waals surface area contributed by atoms with Gasteiger partial charge in [0.15, 0.2) is 5.13 Å². The zero-order valence-corrected chi connectivity index (χ0v) is 15.3. The Morgan fingerprint density at radius 2 is 2.04 bits per heavy atom. The van der Waals surface area contributed by atoms with Crippen molar-refractivity contribution in [3.63, 3.8) is 0 Å². The van der Waals surface area contributed by atoms with Crippen LogP contribution in [0.5, 0.6) is 5.75 Å². The van der Waals surface area contributed by atoms with E-state index in [0.29, 0.717) is 19.6 Å². The van der Waals surface area contributed by atoms with Crippen LogP contribution in [0.15, 0.2) is 47.8 Å². The molecule has 1 aliphatic rings. The summed E-state index contributed by atoms with van der Waals surface area (Å²) in [7, 11) is 0. The monoisotopic (exact) mass is 383 g/mol. The minimum Gasteiger partial charge on any atom is -0.492 e. The number of thiazole rings is 1. The Hall–Kier alpha value is -2.93. The Morgan fingerprint density at radius 1 is 1.19 bits per heavy atom. The SMILES string of the molecule is O=C1CCc2cc(OCCNc3nc(-c4ccc(F)cc4)cs3)ccc2N1. The number of nitrogens with zero attached hydrogens (tertiary/aromatic N) is 1. The lowest BCUT2D eigenvalue weighted by Gasteiger charge is -2.17. The van der Waals surface area contributed by atoms with Gasteiger partial charge in [0, 0.05) is 23.1 Å². The second kappa shape index (κ2) is 7.75. The first kappa shape index (κ1) is 17.5. The summed E-state index contributed by atoms with van der Waals surface area (Å²) in [6.45, 7) is 1.11. The number of fused-ring (bicyclic) bond motifs is 1. The number of hydrogen-bond donors (Lipinski definition) is 2. The average Bonchev–Trinajstić information content (AvgIpc) is 3.15. The molecule has 2 aromatic carbocycles. The average molecular weight is 383 g/mol. The van der Waals surface area contributed by atoms with Gasteiger partial charge in [0.1, 0.15) is 18.2 Å². The van der Waals surface area contributed by atoms with E-state index in [0.717, 1.165) is 39.8 Å². The molecular weight excluding hydrogens is 365 g/mol. The molecule has 0 bridgehead atoms. The Morgan fingerprint density at radius 3 is 2.89 bits per heavy atom. The first-order chi connectivity index (χ1) is 13.2. The van der Waals surface area contributed by atoms with Gasteiger partial charge in [0.25, 0.3) is 0 Å². The number of rotatable bonds is 6. The molecule has 3 aromatic rings. The second-order valence-electron chi connectivity index (χ2n) is 6.19. The highest BCUT2D eigenvalue weighted by molar-refractivity contribution is 7.14. The molecule has 7 heteroatoms. The minimum atomic E-state index is -0.256. The molecule has 2 heterocycles. The van der Waals surface area contributed by atoms with Crippen LogP contribution in [0.1, 0.15) is 12.0 Å². The fourth-order valence-corrected chi connectivity index (χ4v) is 3.63. The maximum absolute atomic E-state index is 13.0. The minimum absolute atomic E-state index is 0.0591. The molecule has 1 aliphatic heterocycles. The molecule has 2 N–H and O–H groups in total. The smallest absolute Gasteiger partial charge is 0.224 e. The van der Waals surface area contributed by atoms with Crippen LogP contribution >= 0.6 is 11.3 Å². The summed E-state index contributed by atoms with van der Waals surface area (Å²) in [5.41, 5.74) is 3.68. The molecule has 0 radical (unpaired) electrons. The first-order valence-electron chi connectivity index (χ1n) is 8.68. The van der Waals surface area contributed by atoms with Crippen LogP contribution in [-0.2, 0) is 11.2 Å². The van der Waals surface area contributed by atoms with Gasteiger partial charge in [-0.05, 0) is 54.4 Å². The maximum atomic E-state index is 13.0. The molecule has 0 atom stereocenters. The van der Waals surface area contributed by atoms with Crippen molar-refractivity contribution in [2.24, 2.45) is 0 Å². The highest BCUT2D eigenvalue weighted by atomic mass is 32.1. The third-order valence-electron chi connectivity index (χ3n) is 4.26. The molecule has 5 nitrogen and oxygen atoms in total. The predicted octanol–water partition coefficient (Wildman–Crippen LogP) is 4.32. The van der Waals surface area contributed by atoms with Crippen molar-refractivity contribution < 1.29 is 13.9 Å². The lowest BCUT2D eigenvalue weighted by Crippen LogP contribution is -2.19. The summed E-state index contributed by atoms with van der Waals surface area (Å²) < 4.78 is 18.8. The van der Waals surface area contributed by atoms with Gasteiger partial charge >= 0.3 is 0 Å². The van der Waals surface area contributed by atoms with Crippen LogP contribution in [-0.4, -0.2) is 24.0 Å². The van der Waals surface area contributed by atoms with Crippen molar-refractivity contribution in [2.75, 3.05) is 23.8 Å². The molecule has 1 aromatic heterocycles. The number of carbonyl (C=O) groups is 1. The molecule has 1 amide bonds. The van der Waals surface area contributed by atoms with E-state index in [9.17, 15) is 9.18 Å². The number of ether oxygens (including phenoxy) is 1. The normalized spacial score (nSPS) is 13.0. The molecule has 0 aliphatic carbocycles. The summed E-state index contributed by atoms with van der Waals surface area (Å²) >= 11 is 1.50. The van der Waals surface area contributed by atoms with Crippen LogP contribution in [0.2, 0.25) is 0 Å². The topological polar surface area (TPSA) is 63.2 Å². The predicted molar refractivity (Wildman–Crippen MR) is 105 cm³/mol. The Labute approximate surface area is 160 Å². The van der Waals surface area contributed by atoms with Crippen molar-refractivity contribution in [3.8, 4) is 17.0 Å². The number of aryl methyl sites for hydroxylation is 1. The van der Waals surface area contributed by atoms with E-state index in [-0.39, 0.29) is 11.7 Å². The summed E-state index contributed by atoms with van der Waals surface area (Å²) in [4.78, 5) is 15.9. The molecule has 0 spiro atoms. The number of hydrogen-bond acceptors (Lipinski definition) is 5. The van der Waals surface area contributed by atoms with Crippen LogP contribution < -0.4 is 15.4 Å². The molecule has 27 heavy (non-hydrogen) atoms. The number of benzene rings is 2. The molecule has 0 saturated heterocycles. The number of halogens is 1. The third kappa shape index (κ3) is 4.25. The van der Waals surface area contributed by atoms with Crippen molar-refractivity contribution >= 4 is 28.1 Å². The van der Waals surface area contributed by atoms with Crippen LogP contribution in [0.4, 0.5) is 15.2 Å². The Bertz CT molecular complexity index is 956. The molecule has 0 fully saturated rings. The van der Waals surface area contributed by atoms with E-state index in [4.69, 9.17) is 4.74 Å². The number of amides is 1. The highest BCUT2D eigenvalue weighted by Crippen LogP contribution is 2.27. The fourth-order valence-electron chi connectivity index (χ4n) is 2.88. The van der Waals surface area contributed by atoms with Crippen LogP contribution in [0.3, 0.4) is 0 Å². The van der Waals surface area contributed by atoms with Gasteiger partial charge in [-0.15, -0.1) is 11.3 Å². The first-order valence-corrected chi connectivity index (χ1v) is 9.56. The fraction of sp³-hybridized carbons (Fsp3) is 0.200. The summed E-state index contributed by atoms with van der Waals surface area (Å²) in [6.07, 6.45) is 1.25. The van der Waals surface area contributed by atoms with E-state index in [1.807, 2.05) is 23.6 Å². The van der Waals surface area contributed by atoms with E-state index in [1.54, 1.807) is 12.1 Å². The van der Waals surface area contributed by atoms with Crippen molar-refractivity contribution in [1.29, 1.82) is 0 Å². The second-order valence-corrected chi connectivity index (χ2v) is 7.05. The van der Waals surface area contributed by atoms with Crippen molar-refractivity contribution in [3.05, 3.63) is 59.2 Å². The van der Waals surface area contributed by atoms with Gasteiger partial charge < -0.3 is 15.4 Å². The van der Waals surface area contributed by atoms with E-state index in [1.165, 1.54) is 23.5 Å². The van der Waals surface area contributed by atoms with E-state index < -0.39 is 0 Å². The molecule has 0 saturated carbocycles. The van der Waals surface area contributed by atoms with Gasteiger partial charge in [0.05, 0.1) is 12.2 Å². The standard InChI is InChI=1S/C20H18FN3O2S/c21-15-4-1-13(2-5-15)18-12-27-20(24-18)22-9-10-26-16-6-7-17-14(11-16)3-8-19(25)23-17/h1-2,4-7,11-12H,3,8-10H2,(H,22,24)(H,23,25). The molecule has 4 rings (SSSR count). The lowest BCUT2D eigenvalue weighted by atomic mass is 10.0. The zero-order chi connectivity index (χ0) is 18.6. The van der Waals surface area contributed by atoms with Gasteiger partial charge in [-0.2, -0.15) is 0 Å². The summed E-state index contributed by atoms with van der Waals surface area (Å²) in [5.74, 6) is 0.593. The van der Waals surface area contributed by atoms with Gasteiger partial charge in [0.2, 0.25) is 5.91 Å². The molecular formula is C20H18FN3O2S. The maximum Gasteiger partial charge on any atom is 0.224 e. The lowest BCUT2D eigenvalue weighted by molar-refractivity contribution is -0.116.